The Kier molecular flexibility index (Phi) is 2.37. The molecule has 16 heavy (non-hydrogen) atoms. The van der Waals surface area contributed by atoms with Gasteiger partial charge in [0, 0.05) is 17.7 Å². The van der Waals surface area contributed by atoms with E-state index in [0.29, 0.717) is 10.7 Å². The molecule has 5 heteroatoms. The zero-order chi connectivity index (χ0) is 11.1. The SMILES string of the molecule is Cn1c(C2CSc3ccccc32)n[nH]c1=S. The Morgan fingerprint density at radius 3 is 3.06 bits per heavy atom. The molecular weight excluding hydrogens is 238 g/mol. The van der Waals surface area contributed by atoms with Gasteiger partial charge in [-0.25, -0.2) is 0 Å². The zero-order valence-corrected chi connectivity index (χ0v) is 10.4. The second-order valence-corrected chi connectivity index (χ2v) is 5.30. The lowest BCUT2D eigenvalue weighted by molar-refractivity contribution is 0.740. The van der Waals surface area contributed by atoms with Crippen molar-refractivity contribution < 1.29 is 0 Å². The van der Waals surface area contributed by atoms with Crippen LogP contribution in [0.1, 0.15) is 17.3 Å². The molecule has 0 fully saturated rings. The summed E-state index contributed by atoms with van der Waals surface area (Å²) in [5, 5.41) is 7.18. The van der Waals surface area contributed by atoms with E-state index in [0.717, 1.165) is 11.6 Å². The number of aromatic amines is 1. The lowest BCUT2D eigenvalue weighted by atomic mass is 10.0. The fourth-order valence-corrected chi connectivity index (χ4v) is 3.41. The van der Waals surface area contributed by atoms with Crippen LogP contribution in [0.5, 0.6) is 0 Å². The first-order chi connectivity index (χ1) is 7.77. The lowest BCUT2D eigenvalue weighted by Crippen LogP contribution is -2.07. The van der Waals surface area contributed by atoms with E-state index in [2.05, 4.69) is 34.5 Å². The molecule has 1 aromatic heterocycles. The first-order valence-corrected chi connectivity index (χ1v) is 6.50. The van der Waals surface area contributed by atoms with Crippen LogP contribution in [0.3, 0.4) is 0 Å². The molecule has 2 aromatic rings. The van der Waals surface area contributed by atoms with Crippen LogP contribution >= 0.6 is 24.0 Å². The Morgan fingerprint density at radius 2 is 2.31 bits per heavy atom. The number of nitrogens with zero attached hydrogens (tertiary/aromatic N) is 2. The van der Waals surface area contributed by atoms with Crippen LogP contribution in [0.2, 0.25) is 0 Å². The Balaban J connectivity index is 2.11. The maximum absolute atomic E-state index is 5.15. The second-order valence-electron chi connectivity index (χ2n) is 3.85. The molecule has 0 saturated carbocycles. The largest absolute Gasteiger partial charge is 0.307 e. The summed E-state index contributed by atoms with van der Waals surface area (Å²) in [7, 11) is 1.97. The second kappa shape index (κ2) is 3.75. The molecule has 0 bridgehead atoms. The van der Waals surface area contributed by atoms with Gasteiger partial charge in [-0.15, -0.1) is 11.8 Å². The summed E-state index contributed by atoms with van der Waals surface area (Å²) < 4.78 is 2.65. The van der Waals surface area contributed by atoms with Gasteiger partial charge in [0.1, 0.15) is 5.82 Å². The summed E-state index contributed by atoms with van der Waals surface area (Å²) in [6.45, 7) is 0. The summed E-state index contributed by atoms with van der Waals surface area (Å²) in [5.74, 6) is 2.44. The van der Waals surface area contributed by atoms with Crippen molar-refractivity contribution in [1.29, 1.82) is 0 Å². The van der Waals surface area contributed by atoms with Gasteiger partial charge in [-0.2, -0.15) is 5.10 Å². The Hall–Kier alpha value is -1.07. The number of aromatic nitrogens is 3. The Labute approximate surface area is 103 Å². The average Bonchev–Trinajstić information content (AvgIpc) is 2.85. The van der Waals surface area contributed by atoms with E-state index in [9.17, 15) is 0 Å². The standard InChI is InChI=1S/C11H11N3S2/c1-14-10(12-13-11(14)15)8-6-16-9-5-3-2-4-7(8)9/h2-5,8H,6H2,1H3,(H,13,15). The van der Waals surface area contributed by atoms with Gasteiger partial charge >= 0.3 is 0 Å². The Morgan fingerprint density at radius 1 is 1.50 bits per heavy atom. The van der Waals surface area contributed by atoms with E-state index in [-0.39, 0.29) is 0 Å². The molecule has 3 rings (SSSR count). The van der Waals surface area contributed by atoms with Crippen LogP contribution in [0.25, 0.3) is 0 Å². The molecule has 0 aliphatic carbocycles. The van der Waals surface area contributed by atoms with Crippen LogP contribution in [-0.2, 0) is 7.05 Å². The molecule has 1 unspecified atom stereocenters. The van der Waals surface area contributed by atoms with Crippen molar-refractivity contribution in [1.82, 2.24) is 14.8 Å². The van der Waals surface area contributed by atoms with E-state index in [1.807, 2.05) is 23.4 Å². The van der Waals surface area contributed by atoms with Crippen molar-refractivity contribution in [3.8, 4) is 0 Å². The summed E-state index contributed by atoms with van der Waals surface area (Å²) in [5.41, 5.74) is 1.37. The van der Waals surface area contributed by atoms with Crippen molar-refractivity contribution >= 4 is 24.0 Å². The van der Waals surface area contributed by atoms with E-state index in [4.69, 9.17) is 12.2 Å². The maximum atomic E-state index is 5.15. The third-order valence-electron chi connectivity index (χ3n) is 2.93. The maximum Gasteiger partial charge on any atom is 0.194 e. The molecular formula is C11H11N3S2. The highest BCUT2D eigenvalue weighted by Gasteiger charge is 2.27. The molecule has 0 radical (unpaired) electrons. The number of H-pyrrole nitrogens is 1. The molecule has 1 atom stereocenters. The van der Waals surface area contributed by atoms with Gasteiger partial charge in [-0.3, -0.25) is 5.10 Å². The minimum absolute atomic E-state index is 0.360. The fourth-order valence-electron chi connectivity index (χ4n) is 2.05. The summed E-state index contributed by atoms with van der Waals surface area (Å²) in [6.07, 6.45) is 0. The smallest absolute Gasteiger partial charge is 0.194 e. The molecule has 3 nitrogen and oxygen atoms in total. The molecule has 2 heterocycles. The lowest BCUT2D eigenvalue weighted by Gasteiger charge is -2.09. The first-order valence-electron chi connectivity index (χ1n) is 5.10. The van der Waals surface area contributed by atoms with E-state index < -0.39 is 0 Å². The molecule has 1 N–H and O–H groups in total. The minimum atomic E-state index is 0.360. The third kappa shape index (κ3) is 1.43. The van der Waals surface area contributed by atoms with E-state index in [1.54, 1.807) is 0 Å². The van der Waals surface area contributed by atoms with Crippen LogP contribution in [0, 0.1) is 4.77 Å². The molecule has 1 aromatic carbocycles. The molecule has 0 amide bonds. The molecule has 1 aliphatic heterocycles. The number of hydrogen-bond donors (Lipinski definition) is 1. The number of hydrogen-bond acceptors (Lipinski definition) is 3. The summed E-state index contributed by atoms with van der Waals surface area (Å²) in [4.78, 5) is 1.36. The quantitative estimate of drug-likeness (QED) is 0.789. The molecule has 0 spiro atoms. The van der Waals surface area contributed by atoms with Gasteiger partial charge in [0.05, 0.1) is 5.92 Å². The van der Waals surface area contributed by atoms with E-state index >= 15 is 0 Å². The van der Waals surface area contributed by atoms with Gasteiger partial charge in [0.25, 0.3) is 0 Å². The zero-order valence-electron chi connectivity index (χ0n) is 8.80. The first kappa shape index (κ1) is 10.1. The minimum Gasteiger partial charge on any atom is -0.307 e. The van der Waals surface area contributed by atoms with Crippen molar-refractivity contribution in [2.24, 2.45) is 7.05 Å². The van der Waals surface area contributed by atoms with Gasteiger partial charge in [0.15, 0.2) is 4.77 Å². The van der Waals surface area contributed by atoms with E-state index in [1.165, 1.54) is 10.5 Å². The summed E-state index contributed by atoms with van der Waals surface area (Å²) >= 11 is 7.03. The number of rotatable bonds is 1. The van der Waals surface area contributed by atoms with Gasteiger partial charge in [-0.1, -0.05) is 18.2 Å². The number of benzene rings is 1. The van der Waals surface area contributed by atoms with Crippen molar-refractivity contribution in [2.75, 3.05) is 5.75 Å². The van der Waals surface area contributed by atoms with Crippen molar-refractivity contribution in [3.05, 3.63) is 40.4 Å². The summed E-state index contributed by atoms with van der Waals surface area (Å²) in [6, 6.07) is 8.51. The van der Waals surface area contributed by atoms with Crippen LogP contribution in [-0.4, -0.2) is 20.5 Å². The average molecular weight is 249 g/mol. The molecule has 0 saturated heterocycles. The van der Waals surface area contributed by atoms with Crippen LogP contribution in [0.4, 0.5) is 0 Å². The number of thioether (sulfide) groups is 1. The predicted molar refractivity (Wildman–Crippen MR) is 67.4 cm³/mol. The van der Waals surface area contributed by atoms with Crippen LogP contribution < -0.4 is 0 Å². The molecule has 82 valence electrons. The van der Waals surface area contributed by atoms with Gasteiger partial charge in [-0.05, 0) is 23.8 Å². The number of nitrogens with one attached hydrogen (secondary N) is 1. The Bertz CT molecular complexity index is 585. The van der Waals surface area contributed by atoms with Crippen molar-refractivity contribution in [2.45, 2.75) is 10.8 Å². The highest BCUT2D eigenvalue weighted by molar-refractivity contribution is 7.99. The fraction of sp³-hybridized carbons (Fsp3) is 0.273. The van der Waals surface area contributed by atoms with Gasteiger partial charge < -0.3 is 4.57 Å². The predicted octanol–water partition coefficient (Wildman–Crippen LogP) is 2.72. The molecule has 1 aliphatic rings. The van der Waals surface area contributed by atoms with Gasteiger partial charge in [0.2, 0.25) is 0 Å². The highest BCUT2D eigenvalue weighted by Crippen LogP contribution is 2.41. The number of fused-ring (bicyclic) bond motifs is 1. The monoisotopic (exact) mass is 249 g/mol. The highest BCUT2D eigenvalue weighted by atomic mass is 32.2. The normalized spacial score (nSPS) is 18.7. The van der Waals surface area contributed by atoms with Crippen molar-refractivity contribution in [3.63, 3.8) is 0 Å². The van der Waals surface area contributed by atoms with Crippen LogP contribution in [0.15, 0.2) is 29.2 Å². The topological polar surface area (TPSA) is 33.6 Å². The third-order valence-corrected chi connectivity index (χ3v) is 4.47.